The van der Waals surface area contributed by atoms with E-state index in [4.69, 9.17) is 11.6 Å². The van der Waals surface area contributed by atoms with Gasteiger partial charge in [-0.3, -0.25) is 0 Å². The number of halogens is 2. The second kappa shape index (κ2) is 5.69. The molecule has 0 aliphatic rings. The number of anilines is 1. The van der Waals surface area contributed by atoms with Crippen molar-refractivity contribution >= 4 is 27.1 Å². The predicted octanol–water partition coefficient (Wildman–Crippen LogP) is 2.71. The van der Waals surface area contributed by atoms with Crippen LogP contribution in [0.4, 0.5) is 10.1 Å². The van der Waals surface area contributed by atoms with Gasteiger partial charge in [-0.25, -0.2) is 12.8 Å². The average Bonchev–Trinajstić information content (AvgIpc) is 2.23. The van der Waals surface area contributed by atoms with Gasteiger partial charge in [0.05, 0.1) is 11.4 Å². The van der Waals surface area contributed by atoms with Crippen molar-refractivity contribution in [2.75, 3.05) is 16.8 Å². The Morgan fingerprint density at radius 2 is 2.12 bits per heavy atom. The van der Waals surface area contributed by atoms with Crippen LogP contribution < -0.4 is 5.32 Å². The van der Waals surface area contributed by atoms with Crippen LogP contribution in [0.5, 0.6) is 0 Å². The van der Waals surface area contributed by atoms with Gasteiger partial charge in [-0.15, -0.1) is 0 Å². The highest BCUT2D eigenvalue weighted by Crippen LogP contribution is 2.20. The Morgan fingerprint density at radius 1 is 1.47 bits per heavy atom. The Hall–Kier alpha value is -0.810. The first-order chi connectivity index (χ1) is 7.84. The van der Waals surface area contributed by atoms with Crippen LogP contribution in [0.25, 0.3) is 0 Å². The summed E-state index contributed by atoms with van der Waals surface area (Å²) >= 11 is 5.74. The van der Waals surface area contributed by atoms with Crippen LogP contribution in [0.2, 0.25) is 5.02 Å². The van der Waals surface area contributed by atoms with Crippen molar-refractivity contribution in [2.24, 2.45) is 0 Å². The number of nitrogens with one attached hydrogen (secondary N) is 1. The van der Waals surface area contributed by atoms with Crippen molar-refractivity contribution in [2.45, 2.75) is 19.9 Å². The van der Waals surface area contributed by atoms with Crippen LogP contribution in [0.15, 0.2) is 18.2 Å². The van der Waals surface area contributed by atoms with E-state index in [2.05, 4.69) is 5.32 Å². The number of rotatable bonds is 5. The molecule has 1 unspecified atom stereocenters. The summed E-state index contributed by atoms with van der Waals surface area (Å²) in [4.78, 5) is 0. The Morgan fingerprint density at radius 3 is 2.71 bits per heavy atom. The fourth-order valence-electron chi connectivity index (χ4n) is 1.41. The van der Waals surface area contributed by atoms with Gasteiger partial charge in [0.1, 0.15) is 5.82 Å². The Bertz CT molecular complexity index is 490. The highest BCUT2D eigenvalue weighted by molar-refractivity contribution is 7.91. The zero-order valence-corrected chi connectivity index (χ0v) is 11.3. The first-order valence-corrected chi connectivity index (χ1v) is 7.46. The molecule has 17 heavy (non-hydrogen) atoms. The lowest BCUT2D eigenvalue weighted by molar-refractivity contribution is 0.592. The topological polar surface area (TPSA) is 46.2 Å². The molecule has 0 heterocycles. The minimum absolute atomic E-state index is 0.0323. The molecule has 0 radical (unpaired) electrons. The van der Waals surface area contributed by atoms with E-state index < -0.39 is 15.7 Å². The molecule has 0 saturated heterocycles. The Balaban J connectivity index is 2.74. The average molecular weight is 280 g/mol. The number of benzene rings is 1. The predicted molar refractivity (Wildman–Crippen MR) is 68.8 cm³/mol. The van der Waals surface area contributed by atoms with Crippen molar-refractivity contribution in [3.8, 4) is 0 Å². The normalized spacial score (nSPS) is 13.4. The smallest absolute Gasteiger partial charge is 0.152 e. The number of hydrogen-bond donors (Lipinski definition) is 1. The van der Waals surface area contributed by atoms with Gasteiger partial charge in [-0.05, 0) is 25.1 Å². The van der Waals surface area contributed by atoms with Gasteiger partial charge in [-0.1, -0.05) is 18.5 Å². The van der Waals surface area contributed by atoms with E-state index in [-0.39, 0.29) is 23.2 Å². The SMILES string of the molecule is CCS(=O)(=O)CC(C)Nc1cc(Cl)ccc1F. The van der Waals surface area contributed by atoms with Gasteiger partial charge >= 0.3 is 0 Å². The molecule has 96 valence electrons. The second-order valence-electron chi connectivity index (χ2n) is 3.87. The van der Waals surface area contributed by atoms with E-state index in [0.717, 1.165) is 0 Å². The minimum atomic E-state index is -3.08. The summed E-state index contributed by atoms with van der Waals surface area (Å²) < 4.78 is 36.2. The third-order valence-electron chi connectivity index (χ3n) is 2.27. The Kier molecular flexibility index (Phi) is 4.77. The van der Waals surface area contributed by atoms with Crippen molar-refractivity contribution < 1.29 is 12.8 Å². The van der Waals surface area contributed by atoms with Crippen molar-refractivity contribution in [3.05, 3.63) is 29.0 Å². The molecule has 0 aromatic heterocycles. The highest BCUT2D eigenvalue weighted by Gasteiger charge is 2.14. The van der Waals surface area contributed by atoms with E-state index in [0.29, 0.717) is 5.02 Å². The van der Waals surface area contributed by atoms with E-state index in [1.807, 2.05) is 0 Å². The third kappa shape index (κ3) is 4.52. The third-order valence-corrected chi connectivity index (χ3v) is 4.40. The monoisotopic (exact) mass is 279 g/mol. The lowest BCUT2D eigenvalue weighted by atomic mass is 10.2. The van der Waals surface area contributed by atoms with Crippen LogP contribution in [-0.2, 0) is 9.84 Å². The molecule has 0 fully saturated rings. The van der Waals surface area contributed by atoms with E-state index in [1.165, 1.54) is 18.2 Å². The van der Waals surface area contributed by atoms with Crippen molar-refractivity contribution in [1.29, 1.82) is 0 Å². The molecule has 1 atom stereocenters. The first-order valence-electron chi connectivity index (χ1n) is 5.26. The van der Waals surface area contributed by atoms with Crippen LogP contribution in [0.1, 0.15) is 13.8 Å². The number of hydrogen-bond acceptors (Lipinski definition) is 3. The lowest BCUT2D eigenvalue weighted by Gasteiger charge is -2.15. The van der Waals surface area contributed by atoms with Gasteiger partial charge < -0.3 is 5.32 Å². The van der Waals surface area contributed by atoms with Gasteiger partial charge in [0.25, 0.3) is 0 Å². The van der Waals surface area contributed by atoms with Crippen LogP contribution in [0.3, 0.4) is 0 Å². The van der Waals surface area contributed by atoms with Crippen LogP contribution in [-0.4, -0.2) is 26.0 Å². The molecule has 1 aromatic rings. The fraction of sp³-hybridized carbons (Fsp3) is 0.455. The molecule has 3 nitrogen and oxygen atoms in total. The first kappa shape index (κ1) is 14.3. The van der Waals surface area contributed by atoms with Gasteiger partial charge in [0.2, 0.25) is 0 Å². The molecule has 0 bridgehead atoms. The summed E-state index contributed by atoms with van der Waals surface area (Å²) in [5.41, 5.74) is 0.219. The molecule has 0 aliphatic heterocycles. The van der Waals surface area contributed by atoms with E-state index in [9.17, 15) is 12.8 Å². The molecule has 6 heteroatoms. The quantitative estimate of drug-likeness (QED) is 0.901. The standard InChI is InChI=1S/C11H15ClFNO2S/c1-3-17(15,16)7-8(2)14-11-6-9(12)4-5-10(11)13/h4-6,8,14H,3,7H2,1-2H3. The maximum absolute atomic E-state index is 13.4. The minimum Gasteiger partial charge on any atom is -0.379 e. The molecular formula is C11H15ClFNO2S. The highest BCUT2D eigenvalue weighted by atomic mass is 35.5. The van der Waals surface area contributed by atoms with Crippen LogP contribution >= 0.6 is 11.6 Å². The van der Waals surface area contributed by atoms with Gasteiger partial charge in [-0.2, -0.15) is 0 Å². The molecule has 0 amide bonds. The molecule has 0 aliphatic carbocycles. The summed E-state index contributed by atoms with van der Waals surface area (Å²) in [7, 11) is -3.08. The van der Waals surface area contributed by atoms with Gasteiger partial charge in [0, 0.05) is 16.8 Å². The van der Waals surface area contributed by atoms with Crippen LogP contribution in [0, 0.1) is 5.82 Å². The van der Waals surface area contributed by atoms with E-state index >= 15 is 0 Å². The van der Waals surface area contributed by atoms with E-state index in [1.54, 1.807) is 13.8 Å². The summed E-state index contributed by atoms with van der Waals surface area (Å²) in [5, 5.41) is 3.21. The summed E-state index contributed by atoms with van der Waals surface area (Å²) in [6.45, 7) is 3.27. The van der Waals surface area contributed by atoms with Crippen molar-refractivity contribution in [3.63, 3.8) is 0 Å². The zero-order valence-electron chi connectivity index (χ0n) is 9.70. The summed E-state index contributed by atoms with van der Waals surface area (Å²) in [6.07, 6.45) is 0. The maximum Gasteiger partial charge on any atom is 0.152 e. The molecule has 1 rings (SSSR count). The largest absolute Gasteiger partial charge is 0.379 e. The molecule has 0 saturated carbocycles. The summed E-state index contributed by atoms with van der Waals surface area (Å²) in [6, 6.07) is 3.75. The Labute approximate surface area is 106 Å². The number of sulfone groups is 1. The zero-order chi connectivity index (χ0) is 13.1. The lowest BCUT2D eigenvalue weighted by Crippen LogP contribution is -2.27. The summed E-state index contributed by atoms with van der Waals surface area (Å²) in [5.74, 6) is -0.401. The molecule has 1 aromatic carbocycles. The molecular weight excluding hydrogens is 265 g/mol. The molecule has 1 N–H and O–H groups in total. The van der Waals surface area contributed by atoms with Gasteiger partial charge in [0.15, 0.2) is 9.84 Å². The molecule has 0 spiro atoms. The fourth-order valence-corrected chi connectivity index (χ4v) is 2.67. The second-order valence-corrected chi connectivity index (χ2v) is 6.70. The maximum atomic E-state index is 13.4. The van der Waals surface area contributed by atoms with Crippen molar-refractivity contribution in [1.82, 2.24) is 0 Å².